The molecule has 3 rings (SSSR count). The van der Waals surface area contributed by atoms with E-state index in [-0.39, 0.29) is 5.78 Å². The second-order valence-corrected chi connectivity index (χ2v) is 5.74. The number of nitrogens with zero attached hydrogens (tertiary/aromatic N) is 3. The lowest BCUT2D eigenvalue weighted by Gasteiger charge is -2.28. The summed E-state index contributed by atoms with van der Waals surface area (Å²) in [5, 5.41) is 4.01. The van der Waals surface area contributed by atoms with Crippen LogP contribution in [0, 0.1) is 0 Å². The Morgan fingerprint density at radius 3 is 2.50 bits per heavy atom. The van der Waals surface area contributed by atoms with Gasteiger partial charge in [0, 0.05) is 32.0 Å². The Bertz CT molecular complexity index is 664. The summed E-state index contributed by atoms with van der Waals surface area (Å²) in [6.07, 6.45) is 10.7. The van der Waals surface area contributed by atoms with Gasteiger partial charge in [0.25, 0.3) is 0 Å². The average Bonchev–Trinajstić information content (AvgIpc) is 3.00. The van der Waals surface area contributed by atoms with E-state index in [0.29, 0.717) is 5.56 Å². The maximum absolute atomic E-state index is 12.0. The summed E-state index contributed by atoms with van der Waals surface area (Å²) in [5.41, 5.74) is 2.93. The molecule has 0 aliphatic carbocycles. The van der Waals surface area contributed by atoms with E-state index in [9.17, 15) is 4.79 Å². The van der Waals surface area contributed by atoms with Crippen LogP contribution < -0.4 is 4.90 Å². The monoisotopic (exact) mass is 295 g/mol. The third-order valence-electron chi connectivity index (χ3n) is 4.03. The van der Waals surface area contributed by atoms with Crippen molar-refractivity contribution in [2.45, 2.75) is 19.3 Å². The van der Waals surface area contributed by atoms with Crippen LogP contribution in [0.5, 0.6) is 0 Å². The maximum Gasteiger partial charge on any atom is 0.189 e. The van der Waals surface area contributed by atoms with Crippen LogP contribution in [0.25, 0.3) is 6.08 Å². The van der Waals surface area contributed by atoms with E-state index in [2.05, 4.69) is 34.3 Å². The van der Waals surface area contributed by atoms with E-state index in [4.69, 9.17) is 0 Å². The van der Waals surface area contributed by atoms with Gasteiger partial charge >= 0.3 is 0 Å². The lowest BCUT2D eigenvalue weighted by atomic mass is 10.1. The van der Waals surface area contributed by atoms with Gasteiger partial charge in [-0.05, 0) is 43.0 Å². The summed E-state index contributed by atoms with van der Waals surface area (Å²) in [7, 11) is 1.81. The molecule has 0 unspecified atom stereocenters. The second kappa shape index (κ2) is 6.60. The highest BCUT2D eigenvalue weighted by atomic mass is 16.1. The van der Waals surface area contributed by atoms with Crippen LogP contribution in [0.2, 0.25) is 0 Å². The van der Waals surface area contributed by atoms with Crippen molar-refractivity contribution < 1.29 is 4.79 Å². The van der Waals surface area contributed by atoms with Gasteiger partial charge in [-0.2, -0.15) is 5.10 Å². The molecule has 0 saturated carbocycles. The zero-order valence-electron chi connectivity index (χ0n) is 12.9. The summed E-state index contributed by atoms with van der Waals surface area (Å²) in [6, 6.07) is 8.41. The van der Waals surface area contributed by atoms with Gasteiger partial charge in [-0.3, -0.25) is 9.48 Å². The van der Waals surface area contributed by atoms with Gasteiger partial charge in [0.1, 0.15) is 0 Å². The number of ketones is 1. The smallest absolute Gasteiger partial charge is 0.189 e. The molecule has 0 spiro atoms. The number of allylic oxidation sites excluding steroid dienone is 1. The molecule has 4 heteroatoms. The van der Waals surface area contributed by atoms with Gasteiger partial charge in [-0.25, -0.2) is 0 Å². The van der Waals surface area contributed by atoms with E-state index in [1.807, 2.05) is 6.08 Å². The molecule has 2 aromatic rings. The van der Waals surface area contributed by atoms with Crippen LogP contribution >= 0.6 is 0 Å². The molecule has 4 nitrogen and oxygen atoms in total. The van der Waals surface area contributed by atoms with Crippen molar-refractivity contribution in [2.75, 3.05) is 18.0 Å². The first-order valence-electron chi connectivity index (χ1n) is 7.78. The summed E-state index contributed by atoms with van der Waals surface area (Å²) >= 11 is 0. The predicted molar refractivity (Wildman–Crippen MR) is 89.1 cm³/mol. The first-order valence-corrected chi connectivity index (χ1v) is 7.78. The van der Waals surface area contributed by atoms with E-state index < -0.39 is 0 Å². The molecule has 1 saturated heterocycles. The first-order chi connectivity index (χ1) is 10.7. The van der Waals surface area contributed by atoms with Crippen LogP contribution in [-0.4, -0.2) is 28.7 Å². The highest BCUT2D eigenvalue weighted by Crippen LogP contribution is 2.20. The number of benzene rings is 1. The standard InChI is InChI=1S/C18H21N3O/c1-20-14-16(13-19-20)18(22)10-7-15-5-8-17(9-6-15)21-11-3-2-4-12-21/h5-10,13-14H,2-4,11-12H2,1H3/b10-7+. The Morgan fingerprint density at radius 1 is 1.14 bits per heavy atom. The average molecular weight is 295 g/mol. The number of hydrogen-bond acceptors (Lipinski definition) is 3. The molecule has 0 bridgehead atoms. The second-order valence-electron chi connectivity index (χ2n) is 5.74. The lowest BCUT2D eigenvalue weighted by Crippen LogP contribution is -2.29. The summed E-state index contributed by atoms with van der Waals surface area (Å²) in [6.45, 7) is 2.29. The lowest BCUT2D eigenvalue weighted by molar-refractivity contribution is 0.104. The number of rotatable bonds is 4. The number of anilines is 1. The minimum Gasteiger partial charge on any atom is -0.372 e. The quantitative estimate of drug-likeness (QED) is 0.641. The van der Waals surface area contributed by atoms with Gasteiger partial charge in [-0.15, -0.1) is 0 Å². The molecule has 1 aromatic carbocycles. The van der Waals surface area contributed by atoms with E-state index >= 15 is 0 Å². The topological polar surface area (TPSA) is 38.1 Å². The highest BCUT2D eigenvalue weighted by Gasteiger charge is 2.10. The first kappa shape index (κ1) is 14.6. The fraction of sp³-hybridized carbons (Fsp3) is 0.333. The Hall–Kier alpha value is -2.36. The van der Waals surface area contributed by atoms with Crippen LogP contribution in [-0.2, 0) is 7.05 Å². The van der Waals surface area contributed by atoms with E-state index in [1.165, 1.54) is 24.9 Å². The Labute approximate surface area is 131 Å². The molecule has 0 amide bonds. The third kappa shape index (κ3) is 3.45. The van der Waals surface area contributed by atoms with Crippen LogP contribution in [0.3, 0.4) is 0 Å². The fourth-order valence-corrected chi connectivity index (χ4v) is 2.76. The Balaban J connectivity index is 1.65. The van der Waals surface area contributed by atoms with Gasteiger partial charge in [-0.1, -0.05) is 18.2 Å². The van der Waals surface area contributed by atoms with Crippen molar-refractivity contribution in [3.8, 4) is 0 Å². The Morgan fingerprint density at radius 2 is 1.86 bits per heavy atom. The molecule has 0 N–H and O–H groups in total. The fourth-order valence-electron chi connectivity index (χ4n) is 2.76. The predicted octanol–water partition coefficient (Wildman–Crippen LogP) is 3.31. The third-order valence-corrected chi connectivity index (χ3v) is 4.03. The summed E-state index contributed by atoms with van der Waals surface area (Å²) < 4.78 is 1.63. The van der Waals surface area contributed by atoms with Gasteiger partial charge in [0.2, 0.25) is 0 Å². The van der Waals surface area contributed by atoms with Gasteiger partial charge in [0.05, 0.1) is 11.8 Å². The molecule has 1 aliphatic heterocycles. The largest absolute Gasteiger partial charge is 0.372 e. The number of piperidine rings is 1. The molecule has 0 atom stereocenters. The zero-order chi connectivity index (χ0) is 15.4. The highest BCUT2D eigenvalue weighted by molar-refractivity contribution is 6.06. The molecule has 114 valence electrons. The van der Waals surface area contributed by atoms with Gasteiger partial charge in [0.15, 0.2) is 5.78 Å². The molecule has 22 heavy (non-hydrogen) atoms. The van der Waals surface area contributed by atoms with E-state index in [1.54, 1.807) is 30.2 Å². The van der Waals surface area contributed by atoms with Crippen LogP contribution in [0.1, 0.15) is 35.2 Å². The van der Waals surface area contributed by atoms with Crippen molar-refractivity contribution in [3.63, 3.8) is 0 Å². The minimum atomic E-state index is -0.0202. The van der Waals surface area contributed by atoms with Crippen molar-refractivity contribution in [2.24, 2.45) is 7.05 Å². The van der Waals surface area contributed by atoms with Crippen molar-refractivity contribution in [1.82, 2.24) is 9.78 Å². The van der Waals surface area contributed by atoms with Crippen molar-refractivity contribution in [3.05, 3.63) is 53.9 Å². The van der Waals surface area contributed by atoms with Crippen LogP contribution in [0.15, 0.2) is 42.7 Å². The Kier molecular flexibility index (Phi) is 4.37. The molecule has 1 aromatic heterocycles. The summed E-state index contributed by atoms with van der Waals surface area (Å²) in [5.74, 6) is -0.0202. The summed E-state index contributed by atoms with van der Waals surface area (Å²) in [4.78, 5) is 14.4. The van der Waals surface area contributed by atoms with Crippen LogP contribution in [0.4, 0.5) is 5.69 Å². The number of carbonyl (C=O) groups is 1. The SMILES string of the molecule is Cn1cc(C(=O)/C=C/c2ccc(N3CCCCC3)cc2)cn1. The number of carbonyl (C=O) groups excluding carboxylic acids is 1. The zero-order valence-corrected chi connectivity index (χ0v) is 12.9. The molecular weight excluding hydrogens is 274 g/mol. The molecule has 0 radical (unpaired) electrons. The number of aryl methyl sites for hydroxylation is 1. The normalized spacial score (nSPS) is 15.4. The number of aromatic nitrogens is 2. The molecular formula is C18H21N3O. The maximum atomic E-state index is 12.0. The minimum absolute atomic E-state index is 0.0202. The molecule has 1 fully saturated rings. The van der Waals surface area contributed by atoms with Gasteiger partial charge < -0.3 is 4.90 Å². The molecule has 1 aliphatic rings. The van der Waals surface area contributed by atoms with E-state index in [0.717, 1.165) is 18.7 Å². The van der Waals surface area contributed by atoms with Crippen molar-refractivity contribution >= 4 is 17.5 Å². The van der Waals surface area contributed by atoms with Crippen molar-refractivity contribution in [1.29, 1.82) is 0 Å². The number of hydrogen-bond donors (Lipinski definition) is 0. The molecule has 2 heterocycles.